The van der Waals surface area contributed by atoms with Crippen LogP contribution in [0.15, 0.2) is 59.1 Å². The lowest BCUT2D eigenvalue weighted by molar-refractivity contribution is -0.133. The normalized spacial score (nSPS) is 16.6. The fourth-order valence-corrected chi connectivity index (χ4v) is 4.11. The number of rotatable bonds is 6. The number of carbonyl (C=O) groups is 1. The predicted octanol–water partition coefficient (Wildman–Crippen LogP) is 5.05. The highest BCUT2D eigenvalue weighted by Gasteiger charge is 2.29. The number of aromatic nitrogens is 1. The topological polar surface area (TPSA) is 64.8 Å². The minimum Gasteiger partial charge on any atom is -0.497 e. The first-order valence-electron chi connectivity index (χ1n) is 10.7. The van der Waals surface area contributed by atoms with E-state index in [0.29, 0.717) is 12.2 Å². The molecule has 1 aliphatic heterocycles. The fourth-order valence-electron chi connectivity index (χ4n) is 4.11. The zero-order valence-electron chi connectivity index (χ0n) is 18.0. The average molecular weight is 421 g/mol. The van der Waals surface area contributed by atoms with Gasteiger partial charge in [-0.05, 0) is 54.8 Å². The van der Waals surface area contributed by atoms with Gasteiger partial charge in [0.25, 0.3) is 0 Å². The van der Waals surface area contributed by atoms with E-state index in [9.17, 15) is 4.79 Å². The SMILES string of the molecule is COc1ccc(-c2cc([C@H]3CCCCCN3C(=O)Cc3cccc(OC)c3)no2)cc1. The number of carbonyl (C=O) groups excluding carboxylic acids is 1. The highest BCUT2D eigenvalue weighted by molar-refractivity contribution is 5.79. The van der Waals surface area contributed by atoms with Crippen LogP contribution in [0.5, 0.6) is 11.5 Å². The molecule has 0 aliphatic carbocycles. The summed E-state index contributed by atoms with van der Waals surface area (Å²) in [5.41, 5.74) is 2.69. The van der Waals surface area contributed by atoms with Crippen LogP contribution >= 0.6 is 0 Å². The Morgan fingerprint density at radius 2 is 1.84 bits per heavy atom. The highest BCUT2D eigenvalue weighted by atomic mass is 16.5. The molecule has 0 radical (unpaired) electrons. The van der Waals surface area contributed by atoms with Crippen LogP contribution in [-0.4, -0.2) is 36.7 Å². The van der Waals surface area contributed by atoms with Crippen molar-refractivity contribution >= 4 is 5.91 Å². The minimum atomic E-state index is -0.0728. The standard InChI is InChI=1S/C25H28N2O4/c1-29-20-12-10-19(11-13-20)24-17-22(26-31-24)23-9-4-3-5-14-27(23)25(28)16-18-7-6-8-21(15-18)30-2/h6-8,10-13,15,17,23H,3-5,9,14,16H2,1-2H3/t23-/m1/s1. The van der Waals surface area contributed by atoms with Crippen LogP contribution in [-0.2, 0) is 11.2 Å². The molecule has 6 heteroatoms. The van der Waals surface area contributed by atoms with Crippen molar-refractivity contribution in [3.63, 3.8) is 0 Å². The van der Waals surface area contributed by atoms with Crippen molar-refractivity contribution in [2.75, 3.05) is 20.8 Å². The van der Waals surface area contributed by atoms with Gasteiger partial charge >= 0.3 is 0 Å². The van der Waals surface area contributed by atoms with Crippen LogP contribution in [0, 0.1) is 0 Å². The van der Waals surface area contributed by atoms with E-state index in [-0.39, 0.29) is 11.9 Å². The van der Waals surface area contributed by atoms with Crippen molar-refractivity contribution < 1.29 is 18.8 Å². The molecule has 3 aromatic rings. The third-order valence-corrected chi connectivity index (χ3v) is 5.81. The quantitative estimate of drug-likeness (QED) is 0.559. The summed E-state index contributed by atoms with van der Waals surface area (Å²) in [5, 5.41) is 4.35. The Morgan fingerprint density at radius 3 is 2.61 bits per heavy atom. The lowest BCUT2D eigenvalue weighted by Crippen LogP contribution is -2.36. The first-order valence-corrected chi connectivity index (χ1v) is 10.7. The second-order valence-electron chi connectivity index (χ2n) is 7.83. The van der Waals surface area contributed by atoms with Crippen molar-refractivity contribution in [2.45, 2.75) is 38.1 Å². The molecule has 6 nitrogen and oxygen atoms in total. The van der Waals surface area contributed by atoms with Crippen LogP contribution in [0.4, 0.5) is 0 Å². The molecule has 0 N–H and O–H groups in total. The molecule has 2 aromatic carbocycles. The summed E-state index contributed by atoms with van der Waals surface area (Å²) in [6.07, 6.45) is 4.42. The highest BCUT2D eigenvalue weighted by Crippen LogP contribution is 2.33. The molecule has 31 heavy (non-hydrogen) atoms. The van der Waals surface area contributed by atoms with Gasteiger partial charge in [0.2, 0.25) is 5.91 Å². The maximum absolute atomic E-state index is 13.3. The van der Waals surface area contributed by atoms with Gasteiger partial charge in [0, 0.05) is 18.2 Å². The number of methoxy groups -OCH3 is 2. The van der Waals surface area contributed by atoms with E-state index in [1.165, 1.54) is 0 Å². The molecule has 1 aliphatic rings. The Morgan fingerprint density at radius 1 is 1.03 bits per heavy atom. The molecule has 1 fully saturated rings. The Labute approximate surface area is 182 Å². The van der Waals surface area contributed by atoms with E-state index >= 15 is 0 Å². The van der Waals surface area contributed by atoms with Crippen molar-refractivity contribution in [2.24, 2.45) is 0 Å². The Hall–Kier alpha value is -3.28. The summed E-state index contributed by atoms with van der Waals surface area (Å²) in [6, 6.07) is 17.3. The van der Waals surface area contributed by atoms with Gasteiger partial charge in [-0.3, -0.25) is 4.79 Å². The van der Waals surface area contributed by atoms with E-state index in [1.807, 2.05) is 59.5 Å². The number of hydrogen-bond donors (Lipinski definition) is 0. The van der Waals surface area contributed by atoms with Crippen molar-refractivity contribution in [3.8, 4) is 22.8 Å². The van der Waals surface area contributed by atoms with Gasteiger partial charge in [-0.15, -0.1) is 0 Å². The summed E-state index contributed by atoms with van der Waals surface area (Å²) in [7, 11) is 3.28. The van der Waals surface area contributed by atoms with E-state index in [1.54, 1.807) is 14.2 Å². The lowest BCUT2D eigenvalue weighted by atomic mass is 10.0. The molecular formula is C25H28N2O4. The van der Waals surface area contributed by atoms with Gasteiger partial charge in [-0.25, -0.2) is 0 Å². The fraction of sp³-hybridized carbons (Fsp3) is 0.360. The first-order chi connectivity index (χ1) is 15.2. The molecule has 162 valence electrons. The van der Waals surface area contributed by atoms with Crippen LogP contribution in [0.2, 0.25) is 0 Å². The smallest absolute Gasteiger partial charge is 0.227 e. The lowest BCUT2D eigenvalue weighted by Gasteiger charge is -2.28. The molecule has 4 rings (SSSR count). The molecule has 0 saturated carbocycles. The summed E-state index contributed by atoms with van der Waals surface area (Å²) < 4.78 is 16.2. The van der Waals surface area contributed by atoms with Gasteiger partial charge in [-0.1, -0.05) is 30.1 Å². The summed E-state index contributed by atoms with van der Waals surface area (Å²) >= 11 is 0. The van der Waals surface area contributed by atoms with Crippen LogP contribution in [0.3, 0.4) is 0 Å². The van der Waals surface area contributed by atoms with Crippen LogP contribution < -0.4 is 9.47 Å². The van der Waals surface area contributed by atoms with E-state index in [0.717, 1.165) is 60.5 Å². The third kappa shape index (κ3) is 4.90. The van der Waals surface area contributed by atoms with Gasteiger partial charge in [0.1, 0.15) is 17.2 Å². The van der Waals surface area contributed by atoms with Gasteiger partial charge in [-0.2, -0.15) is 0 Å². The Kier molecular flexibility index (Phi) is 6.55. The molecule has 0 bridgehead atoms. The first kappa shape index (κ1) is 21.0. The summed E-state index contributed by atoms with van der Waals surface area (Å²) in [6.45, 7) is 0.734. The molecule has 0 spiro atoms. The second-order valence-corrected chi connectivity index (χ2v) is 7.83. The van der Waals surface area contributed by atoms with Gasteiger partial charge in [0.15, 0.2) is 5.76 Å². The van der Waals surface area contributed by atoms with Crippen molar-refractivity contribution in [1.82, 2.24) is 10.1 Å². The van der Waals surface area contributed by atoms with E-state index in [4.69, 9.17) is 14.0 Å². The monoisotopic (exact) mass is 420 g/mol. The zero-order chi connectivity index (χ0) is 21.6. The average Bonchev–Trinajstić information content (AvgIpc) is 3.16. The largest absolute Gasteiger partial charge is 0.497 e. The number of benzene rings is 2. The molecule has 2 heterocycles. The van der Waals surface area contributed by atoms with Gasteiger partial charge in [0.05, 0.1) is 26.7 Å². The maximum Gasteiger partial charge on any atom is 0.227 e. The molecule has 1 aromatic heterocycles. The van der Waals surface area contributed by atoms with Crippen molar-refractivity contribution in [3.05, 3.63) is 65.9 Å². The summed E-state index contributed by atoms with van der Waals surface area (Å²) in [5.74, 6) is 2.36. The molecule has 1 amide bonds. The minimum absolute atomic E-state index is 0.0728. The van der Waals surface area contributed by atoms with E-state index in [2.05, 4.69) is 5.16 Å². The number of ether oxygens (including phenoxy) is 2. The van der Waals surface area contributed by atoms with Crippen molar-refractivity contribution in [1.29, 1.82) is 0 Å². The second kappa shape index (κ2) is 9.69. The third-order valence-electron chi connectivity index (χ3n) is 5.81. The molecule has 1 atom stereocenters. The molecule has 1 saturated heterocycles. The molecular weight excluding hydrogens is 392 g/mol. The Balaban J connectivity index is 1.54. The number of likely N-dealkylation sites (tertiary alicyclic amines) is 1. The number of nitrogens with zero attached hydrogens (tertiary/aromatic N) is 2. The van der Waals surface area contributed by atoms with Crippen LogP contribution in [0.25, 0.3) is 11.3 Å². The Bertz CT molecular complexity index is 1010. The maximum atomic E-state index is 13.3. The molecule has 0 unspecified atom stereocenters. The van der Waals surface area contributed by atoms with Crippen LogP contribution in [0.1, 0.15) is 43.0 Å². The predicted molar refractivity (Wildman–Crippen MR) is 118 cm³/mol. The van der Waals surface area contributed by atoms with E-state index < -0.39 is 0 Å². The van der Waals surface area contributed by atoms with Gasteiger partial charge < -0.3 is 18.9 Å². The number of hydrogen-bond acceptors (Lipinski definition) is 5. The zero-order valence-corrected chi connectivity index (χ0v) is 18.0. The summed E-state index contributed by atoms with van der Waals surface area (Å²) in [4.78, 5) is 15.2. The number of amides is 1.